The molecule has 1 saturated heterocycles. The van der Waals surface area contributed by atoms with Crippen LogP contribution in [-0.4, -0.2) is 35.5 Å². The van der Waals surface area contributed by atoms with Crippen molar-refractivity contribution in [2.24, 2.45) is 5.92 Å². The summed E-state index contributed by atoms with van der Waals surface area (Å²) in [6.07, 6.45) is 1.35. The van der Waals surface area contributed by atoms with Gasteiger partial charge in [-0.15, -0.1) is 0 Å². The molecule has 0 radical (unpaired) electrons. The Morgan fingerprint density at radius 2 is 1.78 bits per heavy atom. The molecule has 0 unspecified atom stereocenters. The van der Waals surface area contributed by atoms with Crippen molar-refractivity contribution in [3.05, 3.63) is 0 Å². The molecule has 0 N–H and O–H groups in total. The minimum Gasteiger partial charge on any atom is -0.444 e. The lowest BCUT2D eigenvalue weighted by Gasteiger charge is -2.31. The standard InChI is InChI=1S/C14H21NO3/c1-11(16)5-6-12-7-9-15(10-8-12)13(17)18-14(2,3)4/h12H,7-10H2,1-4H3. The highest BCUT2D eigenvalue weighted by Crippen LogP contribution is 2.18. The lowest BCUT2D eigenvalue weighted by atomic mass is 9.97. The fraction of sp³-hybridized carbons (Fsp3) is 0.714. The number of likely N-dealkylation sites (tertiary alicyclic amines) is 1. The molecule has 1 fully saturated rings. The van der Waals surface area contributed by atoms with E-state index in [4.69, 9.17) is 4.74 Å². The van der Waals surface area contributed by atoms with Gasteiger partial charge in [-0.2, -0.15) is 0 Å². The number of hydrogen-bond donors (Lipinski definition) is 0. The average molecular weight is 251 g/mol. The highest BCUT2D eigenvalue weighted by Gasteiger charge is 2.26. The normalized spacial score (nSPS) is 16.8. The van der Waals surface area contributed by atoms with Gasteiger partial charge in [0.15, 0.2) is 0 Å². The third-order valence-electron chi connectivity index (χ3n) is 2.60. The van der Waals surface area contributed by atoms with E-state index in [1.165, 1.54) is 6.92 Å². The van der Waals surface area contributed by atoms with Gasteiger partial charge in [0.05, 0.1) is 0 Å². The maximum Gasteiger partial charge on any atom is 0.410 e. The van der Waals surface area contributed by atoms with Gasteiger partial charge in [-0.1, -0.05) is 5.92 Å². The number of ether oxygens (including phenoxy) is 1. The summed E-state index contributed by atoms with van der Waals surface area (Å²) in [5.41, 5.74) is -0.456. The molecule has 1 rings (SSSR count). The molecule has 100 valence electrons. The number of piperidine rings is 1. The number of rotatable bonds is 0. The minimum atomic E-state index is -0.456. The molecule has 1 aliphatic heterocycles. The highest BCUT2D eigenvalue weighted by atomic mass is 16.6. The lowest BCUT2D eigenvalue weighted by Crippen LogP contribution is -2.41. The Kier molecular flexibility index (Phi) is 4.77. The molecule has 1 amide bonds. The van der Waals surface area contributed by atoms with Crippen LogP contribution in [0, 0.1) is 17.8 Å². The molecule has 0 aromatic carbocycles. The van der Waals surface area contributed by atoms with Crippen molar-refractivity contribution in [1.29, 1.82) is 0 Å². The van der Waals surface area contributed by atoms with Crippen LogP contribution in [0.5, 0.6) is 0 Å². The zero-order valence-corrected chi connectivity index (χ0v) is 11.6. The number of amides is 1. The van der Waals surface area contributed by atoms with Crippen molar-refractivity contribution in [3.63, 3.8) is 0 Å². The molecule has 4 nitrogen and oxygen atoms in total. The molecule has 4 heteroatoms. The second-order valence-electron chi connectivity index (χ2n) is 5.57. The third-order valence-corrected chi connectivity index (χ3v) is 2.60. The van der Waals surface area contributed by atoms with Crippen LogP contribution in [0.15, 0.2) is 0 Å². The molecule has 0 spiro atoms. The summed E-state index contributed by atoms with van der Waals surface area (Å²) in [5.74, 6) is 5.63. The maximum absolute atomic E-state index is 11.8. The number of carbonyl (C=O) groups is 2. The summed E-state index contributed by atoms with van der Waals surface area (Å²) in [6.45, 7) is 8.32. The summed E-state index contributed by atoms with van der Waals surface area (Å²) in [6, 6.07) is 0. The summed E-state index contributed by atoms with van der Waals surface area (Å²) in [5, 5.41) is 0. The zero-order valence-electron chi connectivity index (χ0n) is 11.6. The predicted octanol–water partition coefficient (Wildman–Crippen LogP) is 2.23. The topological polar surface area (TPSA) is 46.6 Å². The number of ketones is 1. The van der Waals surface area contributed by atoms with E-state index in [1.54, 1.807) is 4.90 Å². The fourth-order valence-corrected chi connectivity index (χ4v) is 1.74. The smallest absolute Gasteiger partial charge is 0.410 e. The Balaban J connectivity index is 2.43. The van der Waals surface area contributed by atoms with Crippen molar-refractivity contribution in [2.75, 3.05) is 13.1 Å². The SMILES string of the molecule is CC(=O)C#CC1CCN(C(=O)OC(C)(C)C)CC1. The molecule has 0 atom stereocenters. The Labute approximate surface area is 109 Å². The molecule has 1 aliphatic rings. The van der Waals surface area contributed by atoms with Crippen LogP contribution in [-0.2, 0) is 9.53 Å². The van der Waals surface area contributed by atoms with Gasteiger partial charge < -0.3 is 9.64 Å². The molecular weight excluding hydrogens is 230 g/mol. The maximum atomic E-state index is 11.8. The van der Waals surface area contributed by atoms with E-state index in [0.29, 0.717) is 13.1 Å². The number of carbonyl (C=O) groups excluding carboxylic acids is 2. The second-order valence-corrected chi connectivity index (χ2v) is 5.57. The van der Waals surface area contributed by atoms with E-state index in [0.717, 1.165) is 12.8 Å². The molecule has 0 aromatic rings. The van der Waals surface area contributed by atoms with Gasteiger partial charge in [0.1, 0.15) is 5.60 Å². The molecule has 0 bridgehead atoms. The molecule has 0 saturated carbocycles. The van der Waals surface area contributed by atoms with Gasteiger partial charge >= 0.3 is 6.09 Å². The first-order chi connectivity index (χ1) is 8.28. The van der Waals surface area contributed by atoms with Crippen molar-refractivity contribution < 1.29 is 14.3 Å². The van der Waals surface area contributed by atoms with Gasteiger partial charge in [-0.25, -0.2) is 4.79 Å². The lowest BCUT2D eigenvalue weighted by molar-refractivity contribution is -0.111. The zero-order chi connectivity index (χ0) is 13.8. The first kappa shape index (κ1) is 14.6. The first-order valence-corrected chi connectivity index (χ1v) is 6.28. The molecule has 18 heavy (non-hydrogen) atoms. The van der Waals surface area contributed by atoms with Crippen LogP contribution in [0.3, 0.4) is 0 Å². The van der Waals surface area contributed by atoms with Gasteiger partial charge in [-0.05, 0) is 39.5 Å². The van der Waals surface area contributed by atoms with E-state index in [1.807, 2.05) is 20.8 Å². The number of nitrogens with zero attached hydrogens (tertiary/aromatic N) is 1. The van der Waals surface area contributed by atoms with Gasteiger partial charge in [-0.3, -0.25) is 4.79 Å². The third kappa shape index (κ3) is 5.22. The quantitative estimate of drug-likeness (QED) is 0.490. The van der Waals surface area contributed by atoms with Crippen molar-refractivity contribution >= 4 is 11.9 Å². The van der Waals surface area contributed by atoms with Gasteiger partial charge in [0.2, 0.25) is 5.78 Å². The van der Waals surface area contributed by atoms with Crippen molar-refractivity contribution in [3.8, 4) is 11.8 Å². The van der Waals surface area contributed by atoms with Crippen LogP contribution >= 0.6 is 0 Å². The first-order valence-electron chi connectivity index (χ1n) is 6.28. The Hall–Kier alpha value is -1.50. The summed E-state index contributed by atoms with van der Waals surface area (Å²) >= 11 is 0. The minimum absolute atomic E-state index is 0.107. The molecule has 1 heterocycles. The van der Waals surface area contributed by atoms with Gasteiger partial charge in [0.25, 0.3) is 0 Å². The largest absolute Gasteiger partial charge is 0.444 e. The fourth-order valence-electron chi connectivity index (χ4n) is 1.74. The molecule has 0 aliphatic carbocycles. The second kappa shape index (κ2) is 5.90. The van der Waals surface area contributed by atoms with Crippen LogP contribution in [0.4, 0.5) is 4.79 Å². The van der Waals surface area contributed by atoms with Gasteiger partial charge in [0, 0.05) is 25.9 Å². The summed E-state index contributed by atoms with van der Waals surface area (Å²) < 4.78 is 5.31. The van der Waals surface area contributed by atoms with Crippen LogP contribution in [0.1, 0.15) is 40.5 Å². The van der Waals surface area contributed by atoms with Crippen molar-refractivity contribution in [1.82, 2.24) is 4.90 Å². The van der Waals surface area contributed by atoms with Crippen LogP contribution < -0.4 is 0 Å². The molecule has 0 aromatic heterocycles. The van der Waals surface area contributed by atoms with Crippen LogP contribution in [0.2, 0.25) is 0 Å². The Morgan fingerprint density at radius 1 is 1.22 bits per heavy atom. The van der Waals surface area contributed by atoms with E-state index >= 15 is 0 Å². The Bertz CT molecular complexity index is 376. The number of Topliss-reactive ketones (excluding diaryl/α,β-unsaturated/α-hetero) is 1. The van der Waals surface area contributed by atoms with E-state index in [2.05, 4.69) is 11.8 Å². The predicted molar refractivity (Wildman–Crippen MR) is 69.0 cm³/mol. The Morgan fingerprint density at radius 3 is 2.22 bits per heavy atom. The van der Waals surface area contributed by atoms with E-state index in [-0.39, 0.29) is 17.8 Å². The number of hydrogen-bond acceptors (Lipinski definition) is 3. The van der Waals surface area contributed by atoms with Crippen molar-refractivity contribution in [2.45, 2.75) is 46.1 Å². The molecular formula is C14H21NO3. The highest BCUT2D eigenvalue weighted by molar-refractivity contribution is 5.93. The monoisotopic (exact) mass is 251 g/mol. The van der Waals surface area contributed by atoms with Crippen LogP contribution in [0.25, 0.3) is 0 Å². The summed E-state index contributed by atoms with van der Waals surface area (Å²) in [4.78, 5) is 24.3. The van der Waals surface area contributed by atoms with E-state index in [9.17, 15) is 9.59 Å². The average Bonchev–Trinajstić information content (AvgIpc) is 2.24. The van der Waals surface area contributed by atoms with E-state index < -0.39 is 5.60 Å². The summed E-state index contributed by atoms with van der Waals surface area (Å²) in [7, 11) is 0.